The monoisotopic (exact) mass is 333 g/mol. The lowest BCUT2D eigenvalue weighted by Crippen LogP contribution is -2.53. The highest BCUT2D eigenvalue weighted by atomic mass is 19.1. The summed E-state index contributed by atoms with van der Waals surface area (Å²) >= 11 is 0. The number of halogens is 1. The van der Waals surface area contributed by atoms with E-state index in [1.807, 2.05) is 4.90 Å². The van der Waals surface area contributed by atoms with Crippen molar-refractivity contribution in [2.24, 2.45) is 5.92 Å². The highest BCUT2D eigenvalue weighted by Crippen LogP contribution is 2.21. The van der Waals surface area contributed by atoms with Gasteiger partial charge in [0.05, 0.1) is 5.92 Å². The van der Waals surface area contributed by atoms with Crippen molar-refractivity contribution in [1.29, 1.82) is 0 Å². The minimum absolute atomic E-state index is 0.0497. The molecule has 0 bridgehead atoms. The molecule has 24 heavy (non-hydrogen) atoms. The summed E-state index contributed by atoms with van der Waals surface area (Å²) in [6.45, 7) is 5.72. The van der Waals surface area contributed by atoms with Gasteiger partial charge in [-0.3, -0.25) is 9.59 Å². The summed E-state index contributed by atoms with van der Waals surface area (Å²) in [6.07, 6.45) is 1.76. The normalized spacial score (nSPS) is 21.8. The number of benzene rings is 1. The summed E-state index contributed by atoms with van der Waals surface area (Å²) in [5.41, 5.74) is 0.990. The Balaban J connectivity index is 1.55. The van der Waals surface area contributed by atoms with Gasteiger partial charge < -0.3 is 14.7 Å². The quantitative estimate of drug-likeness (QED) is 0.828. The first-order valence-corrected chi connectivity index (χ1v) is 8.59. The van der Waals surface area contributed by atoms with Gasteiger partial charge in [0.2, 0.25) is 11.8 Å². The fraction of sp³-hybridized carbons (Fsp3) is 0.556. The first-order chi connectivity index (χ1) is 11.5. The van der Waals surface area contributed by atoms with Crippen LogP contribution in [0.3, 0.4) is 0 Å². The Bertz CT molecular complexity index is 597. The first-order valence-electron chi connectivity index (χ1n) is 8.59. The molecule has 0 aromatic heterocycles. The Morgan fingerprint density at radius 3 is 2.29 bits per heavy atom. The molecule has 0 aliphatic carbocycles. The number of piperazine rings is 1. The van der Waals surface area contributed by atoms with Crippen LogP contribution in [0.1, 0.15) is 19.8 Å². The van der Waals surface area contributed by atoms with Gasteiger partial charge in [0, 0.05) is 51.9 Å². The lowest BCUT2D eigenvalue weighted by molar-refractivity contribution is -0.140. The van der Waals surface area contributed by atoms with Gasteiger partial charge in [0.1, 0.15) is 5.82 Å². The zero-order valence-corrected chi connectivity index (χ0v) is 14.1. The first kappa shape index (κ1) is 16.7. The van der Waals surface area contributed by atoms with Crippen molar-refractivity contribution in [2.45, 2.75) is 19.8 Å². The van der Waals surface area contributed by atoms with Crippen molar-refractivity contribution < 1.29 is 14.0 Å². The average molecular weight is 333 g/mol. The van der Waals surface area contributed by atoms with Gasteiger partial charge in [-0.15, -0.1) is 0 Å². The smallest absolute Gasteiger partial charge is 0.227 e. The van der Waals surface area contributed by atoms with Crippen molar-refractivity contribution in [1.82, 2.24) is 9.80 Å². The maximum atomic E-state index is 13.0. The average Bonchev–Trinajstić information content (AvgIpc) is 2.62. The number of likely N-dealkylation sites (tertiary alicyclic amines) is 1. The van der Waals surface area contributed by atoms with Gasteiger partial charge >= 0.3 is 0 Å². The molecule has 2 heterocycles. The van der Waals surface area contributed by atoms with Crippen LogP contribution in [-0.2, 0) is 9.59 Å². The molecule has 6 heteroatoms. The molecule has 0 spiro atoms. The topological polar surface area (TPSA) is 43.9 Å². The van der Waals surface area contributed by atoms with Crippen LogP contribution in [0, 0.1) is 11.7 Å². The van der Waals surface area contributed by atoms with Crippen molar-refractivity contribution in [3.05, 3.63) is 30.1 Å². The van der Waals surface area contributed by atoms with Crippen LogP contribution in [-0.4, -0.2) is 60.9 Å². The second-order valence-electron chi connectivity index (χ2n) is 6.59. The maximum absolute atomic E-state index is 13.0. The lowest BCUT2D eigenvalue weighted by Gasteiger charge is -2.39. The van der Waals surface area contributed by atoms with Gasteiger partial charge in [0.25, 0.3) is 0 Å². The number of rotatable bonds is 2. The third-order valence-electron chi connectivity index (χ3n) is 5.00. The zero-order valence-electron chi connectivity index (χ0n) is 14.1. The molecule has 2 fully saturated rings. The number of piperidine rings is 1. The molecule has 5 nitrogen and oxygen atoms in total. The molecule has 130 valence electrons. The van der Waals surface area contributed by atoms with Crippen LogP contribution >= 0.6 is 0 Å². The van der Waals surface area contributed by atoms with Crippen LogP contribution in [0.4, 0.5) is 10.1 Å². The van der Waals surface area contributed by atoms with Gasteiger partial charge in [0.15, 0.2) is 0 Å². The van der Waals surface area contributed by atoms with E-state index >= 15 is 0 Å². The van der Waals surface area contributed by atoms with Crippen molar-refractivity contribution >= 4 is 17.5 Å². The summed E-state index contributed by atoms with van der Waals surface area (Å²) in [7, 11) is 0. The minimum Gasteiger partial charge on any atom is -0.368 e. The molecule has 1 atom stereocenters. The van der Waals surface area contributed by atoms with E-state index in [1.165, 1.54) is 12.1 Å². The molecule has 2 amide bonds. The summed E-state index contributed by atoms with van der Waals surface area (Å²) < 4.78 is 13.0. The predicted octanol–water partition coefficient (Wildman–Crippen LogP) is 1.73. The molecule has 2 aliphatic rings. The van der Waals surface area contributed by atoms with Crippen LogP contribution in [0.15, 0.2) is 24.3 Å². The van der Waals surface area contributed by atoms with Gasteiger partial charge in [-0.25, -0.2) is 4.39 Å². The number of amides is 2. The zero-order chi connectivity index (χ0) is 17.1. The van der Waals surface area contributed by atoms with E-state index in [0.29, 0.717) is 19.6 Å². The van der Waals surface area contributed by atoms with Gasteiger partial charge in [-0.1, -0.05) is 0 Å². The van der Waals surface area contributed by atoms with Crippen LogP contribution in [0.5, 0.6) is 0 Å². The van der Waals surface area contributed by atoms with E-state index < -0.39 is 0 Å². The molecular weight excluding hydrogens is 309 g/mol. The SMILES string of the molecule is CC(=O)N1CCCC(C(=O)N2CCN(c3ccc(F)cc3)CC2)C1. The fourth-order valence-electron chi connectivity index (χ4n) is 3.56. The summed E-state index contributed by atoms with van der Waals surface area (Å²) in [6, 6.07) is 6.48. The lowest BCUT2D eigenvalue weighted by atomic mass is 9.96. The predicted molar refractivity (Wildman–Crippen MR) is 90.2 cm³/mol. The summed E-state index contributed by atoms with van der Waals surface area (Å²) in [5, 5.41) is 0. The molecule has 0 N–H and O–H groups in total. The highest BCUT2D eigenvalue weighted by molar-refractivity contribution is 5.81. The Hall–Kier alpha value is -2.11. The van der Waals surface area contributed by atoms with Crippen molar-refractivity contribution in [3.63, 3.8) is 0 Å². The van der Waals surface area contributed by atoms with Gasteiger partial charge in [-0.05, 0) is 37.1 Å². The molecule has 0 radical (unpaired) electrons. The maximum Gasteiger partial charge on any atom is 0.227 e. The molecule has 2 saturated heterocycles. The standard InChI is InChI=1S/C18H24FN3O2/c1-14(23)22-8-2-3-15(13-22)18(24)21-11-9-20(10-12-21)17-6-4-16(19)5-7-17/h4-7,15H,2-3,8-13H2,1H3. The Labute approximate surface area is 142 Å². The molecule has 1 aromatic carbocycles. The fourth-order valence-corrected chi connectivity index (χ4v) is 3.56. The largest absolute Gasteiger partial charge is 0.368 e. The van der Waals surface area contributed by atoms with Crippen LogP contribution in [0.25, 0.3) is 0 Å². The molecule has 0 saturated carbocycles. The molecule has 3 rings (SSSR count). The van der Waals surface area contributed by atoms with Crippen molar-refractivity contribution in [2.75, 3.05) is 44.2 Å². The Morgan fingerprint density at radius 1 is 1.00 bits per heavy atom. The van der Waals surface area contributed by atoms with E-state index in [0.717, 1.165) is 38.2 Å². The second kappa shape index (κ2) is 7.20. The summed E-state index contributed by atoms with van der Waals surface area (Å²) in [4.78, 5) is 30.1. The Kier molecular flexibility index (Phi) is 5.02. The van der Waals surface area contributed by atoms with E-state index in [1.54, 1.807) is 24.0 Å². The second-order valence-corrected chi connectivity index (χ2v) is 6.59. The van der Waals surface area contributed by atoms with Gasteiger partial charge in [-0.2, -0.15) is 0 Å². The molecule has 1 aromatic rings. The van der Waals surface area contributed by atoms with E-state index in [-0.39, 0.29) is 23.5 Å². The number of hydrogen-bond acceptors (Lipinski definition) is 3. The molecule has 1 unspecified atom stereocenters. The minimum atomic E-state index is -0.236. The van der Waals surface area contributed by atoms with Crippen LogP contribution in [0.2, 0.25) is 0 Å². The van der Waals surface area contributed by atoms with E-state index in [9.17, 15) is 14.0 Å². The molecule has 2 aliphatic heterocycles. The van der Waals surface area contributed by atoms with E-state index in [4.69, 9.17) is 0 Å². The van der Waals surface area contributed by atoms with Crippen molar-refractivity contribution in [3.8, 4) is 0 Å². The third kappa shape index (κ3) is 3.68. The summed E-state index contributed by atoms with van der Waals surface area (Å²) in [5.74, 6) is -0.0896. The Morgan fingerprint density at radius 2 is 1.67 bits per heavy atom. The highest BCUT2D eigenvalue weighted by Gasteiger charge is 2.31. The number of hydrogen-bond donors (Lipinski definition) is 0. The number of nitrogens with zero attached hydrogens (tertiary/aromatic N) is 3. The number of carbonyl (C=O) groups is 2. The number of carbonyl (C=O) groups excluding carboxylic acids is 2. The molecular formula is C18H24FN3O2. The van der Waals surface area contributed by atoms with Crippen LogP contribution < -0.4 is 4.90 Å². The van der Waals surface area contributed by atoms with E-state index in [2.05, 4.69) is 4.90 Å². The third-order valence-corrected chi connectivity index (χ3v) is 5.00. The number of anilines is 1.